The Morgan fingerprint density at radius 3 is 2.14 bits per heavy atom. The van der Waals surface area contributed by atoms with E-state index in [9.17, 15) is 19.5 Å². The summed E-state index contributed by atoms with van der Waals surface area (Å²) in [6, 6.07) is 4.48. The maximum atomic E-state index is 13.6. The summed E-state index contributed by atoms with van der Waals surface area (Å²) in [4.78, 5) is 41.0. The fraction of sp³-hybridized carbons (Fsp3) is 0.667. The molecule has 0 bridgehead atoms. The maximum absolute atomic E-state index is 13.6. The van der Waals surface area contributed by atoms with Gasteiger partial charge in [-0.1, -0.05) is 51.7 Å². The normalized spacial score (nSPS) is 13.9. The van der Waals surface area contributed by atoms with Gasteiger partial charge < -0.3 is 25.4 Å². The van der Waals surface area contributed by atoms with Crippen LogP contribution in [0.2, 0.25) is 0 Å². The van der Waals surface area contributed by atoms with Crippen molar-refractivity contribution in [2.24, 2.45) is 0 Å². The highest BCUT2D eigenvalue weighted by molar-refractivity contribution is 5.92. The minimum Gasteiger partial charge on any atom is -0.508 e. The molecule has 0 heterocycles. The van der Waals surface area contributed by atoms with Crippen molar-refractivity contribution in [2.45, 2.75) is 111 Å². The minimum atomic E-state index is -0.896. The van der Waals surface area contributed by atoms with E-state index >= 15 is 0 Å². The van der Waals surface area contributed by atoms with E-state index in [1.165, 1.54) is 17.0 Å². The standard InChI is InChI=1S/C27H45N3O5/c1-8-10-11-12-18-30(25(33)20(4)29-26(34)35-27(5,6)7)23(21-14-16-22(31)17-15-21)24(32)28-19(3)13-9-2/h14-17,19-20,23,31H,8-13,18H2,1-7H3,(H,28,32)(H,29,34). The lowest BCUT2D eigenvalue weighted by Crippen LogP contribution is -2.52. The molecule has 3 unspecified atom stereocenters. The minimum absolute atomic E-state index is 0.0542. The second-order valence-electron chi connectivity index (χ2n) is 10.2. The van der Waals surface area contributed by atoms with Crippen molar-refractivity contribution in [3.8, 4) is 5.75 Å². The summed E-state index contributed by atoms with van der Waals surface area (Å²) < 4.78 is 5.31. The van der Waals surface area contributed by atoms with E-state index < -0.39 is 23.8 Å². The lowest BCUT2D eigenvalue weighted by atomic mass is 10.0. The van der Waals surface area contributed by atoms with Crippen molar-refractivity contribution < 1.29 is 24.2 Å². The predicted molar refractivity (Wildman–Crippen MR) is 138 cm³/mol. The molecule has 3 atom stereocenters. The summed E-state index contributed by atoms with van der Waals surface area (Å²) in [5, 5.41) is 15.4. The van der Waals surface area contributed by atoms with Gasteiger partial charge in [0, 0.05) is 12.6 Å². The molecular formula is C27H45N3O5. The highest BCUT2D eigenvalue weighted by Gasteiger charge is 2.34. The zero-order valence-corrected chi connectivity index (χ0v) is 22.5. The largest absolute Gasteiger partial charge is 0.508 e. The Labute approximate surface area is 210 Å². The maximum Gasteiger partial charge on any atom is 0.408 e. The van der Waals surface area contributed by atoms with E-state index in [0.29, 0.717) is 12.1 Å². The molecule has 0 fully saturated rings. The number of phenols is 1. The molecule has 1 aromatic carbocycles. The Kier molecular flexibility index (Phi) is 12.6. The molecule has 3 amide bonds. The smallest absolute Gasteiger partial charge is 0.408 e. The van der Waals surface area contributed by atoms with Crippen LogP contribution in [0.15, 0.2) is 24.3 Å². The van der Waals surface area contributed by atoms with E-state index in [-0.39, 0.29) is 23.6 Å². The fourth-order valence-electron chi connectivity index (χ4n) is 3.83. The van der Waals surface area contributed by atoms with E-state index in [1.807, 2.05) is 13.8 Å². The van der Waals surface area contributed by atoms with Crippen LogP contribution in [-0.2, 0) is 14.3 Å². The van der Waals surface area contributed by atoms with Gasteiger partial charge in [0.05, 0.1) is 0 Å². The summed E-state index contributed by atoms with van der Waals surface area (Å²) in [6.45, 7) is 13.3. The number of ether oxygens (including phenoxy) is 1. The number of rotatable bonds is 13. The van der Waals surface area contributed by atoms with E-state index in [2.05, 4.69) is 17.6 Å². The molecule has 0 saturated heterocycles. The van der Waals surface area contributed by atoms with Gasteiger partial charge in [-0.2, -0.15) is 0 Å². The van der Waals surface area contributed by atoms with Crippen LogP contribution in [0.1, 0.15) is 98.6 Å². The Morgan fingerprint density at radius 2 is 1.60 bits per heavy atom. The number of phenolic OH excluding ortho intramolecular Hbond substituents is 1. The molecule has 0 spiro atoms. The summed E-state index contributed by atoms with van der Waals surface area (Å²) >= 11 is 0. The van der Waals surface area contributed by atoms with Gasteiger partial charge in [0.1, 0.15) is 23.4 Å². The fourth-order valence-corrected chi connectivity index (χ4v) is 3.83. The molecule has 3 N–H and O–H groups in total. The number of aromatic hydroxyl groups is 1. The number of amides is 3. The summed E-state index contributed by atoms with van der Waals surface area (Å²) in [7, 11) is 0. The number of nitrogens with one attached hydrogen (secondary N) is 2. The third-order valence-electron chi connectivity index (χ3n) is 5.52. The van der Waals surface area contributed by atoms with Crippen molar-refractivity contribution in [1.82, 2.24) is 15.5 Å². The molecule has 0 aliphatic carbocycles. The summed E-state index contributed by atoms with van der Waals surface area (Å²) in [5.74, 6) is -0.582. The molecule has 8 nitrogen and oxygen atoms in total. The topological polar surface area (TPSA) is 108 Å². The van der Waals surface area contributed by atoms with Crippen LogP contribution in [-0.4, -0.2) is 52.1 Å². The average Bonchev–Trinajstić information content (AvgIpc) is 2.75. The second kappa shape index (κ2) is 14.6. The van der Waals surface area contributed by atoms with Crippen LogP contribution in [0.5, 0.6) is 5.75 Å². The monoisotopic (exact) mass is 491 g/mol. The zero-order chi connectivity index (χ0) is 26.6. The van der Waals surface area contributed by atoms with Crippen LogP contribution in [0.25, 0.3) is 0 Å². The highest BCUT2D eigenvalue weighted by Crippen LogP contribution is 2.25. The van der Waals surface area contributed by atoms with Gasteiger partial charge >= 0.3 is 6.09 Å². The molecule has 35 heavy (non-hydrogen) atoms. The molecule has 0 saturated carbocycles. The first-order chi connectivity index (χ1) is 16.4. The summed E-state index contributed by atoms with van der Waals surface area (Å²) in [5.41, 5.74) is -0.103. The molecule has 0 aromatic heterocycles. The third kappa shape index (κ3) is 11.0. The zero-order valence-electron chi connectivity index (χ0n) is 22.5. The van der Waals surface area contributed by atoms with Gasteiger partial charge in [-0.15, -0.1) is 0 Å². The Balaban J connectivity index is 3.28. The molecule has 8 heteroatoms. The number of nitrogens with zero attached hydrogens (tertiary/aromatic N) is 1. The second-order valence-corrected chi connectivity index (χ2v) is 10.2. The van der Waals surface area contributed by atoms with Crippen LogP contribution < -0.4 is 10.6 Å². The highest BCUT2D eigenvalue weighted by atomic mass is 16.6. The molecular weight excluding hydrogens is 446 g/mol. The van der Waals surface area contributed by atoms with Gasteiger partial charge in [-0.05, 0) is 65.2 Å². The van der Waals surface area contributed by atoms with Crippen molar-refractivity contribution in [1.29, 1.82) is 0 Å². The first kappa shape index (κ1) is 30.3. The molecule has 1 rings (SSSR count). The van der Waals surface area contributed by atoms with E-state index in [1.54, 1.807) is 39.8 Å². The third-order valence-corrected chi connectivity index (χ3v) is 5.52. The Hall–Kier alpha value is -2.77. The van der Waals surface area contributed by atoms with Crippen molar-refractivity contribution in [3.63, 3.8) is 0 Å². The number of alkyl carbamates (subject to hydrolysis) is 1. The number of hydrogen-bond acceptors (Lipinski definition) is 5. The number of benzene rings is 1. The molecule has 0 aliphatic rings. The van der Waals surface area contributed by atoms with E-state index in [4.69, 9.17) is 4.74 Å². The lowest BCUT2D eigenvalue weighted by Gasteiger charge is -2.34. The first-order valence-electron chi connectivity index (χ1n) is 12.8. The molecule has 198 valence electrons. The SMILES string of the molecule is CCCCCCN(C(=O)C(C)NC(=O)OC(C)(C)C)C(C(=O)NC(C)CCC)c1ccc(O)cc1. The number of hydrogen-bond donors (Lipinski definition) is 3. The van der Waals surface area contributed by atoms with Crippen molar-refractivity contribution in [3.05, 3.63) is 29.8 Å². The van der Waals surface area contributed by atoms with Crippen LogP contribution in [0, 0.1) is 0 Å². The van der Waals surface area contributed by atoms with Crippen LogP contribution >= 0.6 is 0 Å². The quantitative estimate of drug-likeness (QED) is 0.334. The number of unbranched alkanes of at least 4 members (excludes halogenated alkanes) is 3. The predicted octanol–water partition coefficient (Wildman–Crippen LogP) is 5.06. The lowest BCUT2D eigenvalue weighted by molar-refractivity contribution is -0.142. The van der Waals surface area contributed by atoms with Gasteiger partial charge in [0.25, 0.3) is 0 Å². The Morgan fingerprint density at radius 1 is 0.971 bits per heavy atom. The number of carbonyl (C=O) groups is 3. The van der Waals surface area contributed by atoms with Gasteiger partial charge in [0.2, 0.25) is 11.8 Å². The van der Waals surface area contributed by atoms with Gasteiger partial charge in [-0.3, -0.25) is 9.59 Å². The Bertz CT molecular complexity index is 804. The van der Waals surface area contributed by atoms with Crippen LogP contribution in [0.4, 0.5) is 4.79 Å². The molecule has 1 aromatic rings. The number of carbonyl (C=O) groups excluding carboxylic acids is 3. The molecule has 0 aliphatic heterocycles. The van der Waals surface area contributed by atoms with Gasteiger partial charge in [-0.25, -0.2) is 4.79 Å². The van der Waals surface area contributed by atoms with Crippen LogP contribution in [0.3, 0.4) is 0 Å². The summed E-state index contributed by atoms with van der Waals surface area (Å²) in [6.07, 6.45) is 4.76. The van der Waals surface area contributed by atoms with E-state index in [0.717, 1.165) is 38.5 Å². The average molecular weight is 492 g/mol. The van der Waals surface area contributed by atoms with Gasteiger partial charge in [0.15, 0.2) is 0 Å². The molecule has 0 radical (unpaired) electrons. The first-order valence-corrected chi connectivity index (χ1v) is 12.8. The van der Waals surface area contributed by atoms with Crippen molar-refractivity contribution >= 4 is 17.9 Å². The van der Waals surface area contributed by atoms with Crippen molar-refractivity contribution in [2.75, 3.05) is 6.54 Å².